The van der Waals surface area contributed by atoms with Crippen molar-refractivity contribution in [2.75, 3.05) is 13.1 Å². The highest BCUT2D eigenvalue weighted by Crippen LogP contribution is 2.55. The lowest BCUT2D eigenvalue weighted by atomic mass is 9.52. The minimum atomic E-state index is -1.10. The van der Waals surface area contributed by atoms with Crippen LogP contribution >= 0.6 is 11.3 Å². The molecule has 34 heavy (non-hydrogen) atoms. The molecule has 1 amide bonds. The Hall–Kier alpha value is -1.70. The van der Waals surface area contributed by atoms with Gasteiger partial charge in [0.05, 0.1) is 11.5 Å². The lowest BCUT2D eigenvalue weighted by Gasteiger charge is -2.61. The Bertz CT molecular complexity index is 1080. The number of nitrogens with zero attached hydrogens (tertiary/aromatic N) is 2. The summed E-state index contributed by atoms with van der Waals surface area (Å²) in [4.78, 5) is 21.2. The number of rotatable bonds is 6. The molecule has 2 aromatic heterocycles. The van der Waals surface area contributed by atoms with Gasteiger partial charge in [0.2, 0.25) is 5.91 Å². The molecule has 2 aromatic rings. The topological polar surface area (TPSA) is 88.7 Å². The average Bonchev–Trinajstić information content (AvgIpc) is 3.39. The molecule has 2 saturated carbocycles. The van der Waals surface area contributed by atoms with E-state index in [1.54, 1.807) is 11.3 Å². The SMILES string of the molecule is CC1(C)C2C[C@@H]1CN([C@H]1CC[C@H](Oc3ccnc4sc5c(c34)[C@@H](C[C@H](O)C(N)=O)CC5)CC1)C2. The molecule has 1 unspecified atom stereocenters. The Morgan fingerprint density at radius 1 is 1.26 bits per heavy atom. The van der Waals surface area contributed by atoms with Gasteiger partial charge in [-0.15, -0.1) is 11.3 Å². The number of pyridine rings is 1. The predicted octanol–water partition coefficient (Wildman–Crippen LogP) is 4.23. The van der Waals surface area contributed by atoms with Gasteiger partial charge in [-0.1, -0.05) is 13.8 Å². The molecular weight excluding hydrogens is 446 g/mol. The smallest absolute Gasteiger partial charge is 0.246 e. The molecule has 2 saturated heterocycles. The number of aryl methyl sites for hydroxylation is 1. The van der Waals surface area contributed by atoms with E-state index >= 15 is 0 Å². The van der Waals surface area contributed by atoms with Crippen LogP contribution < -0.4 is 10.5 Å². The van der Waals surface area contributed by atoms with E-state index in [1.165, 1.54) is 42.8 Å². The normalized spacial score (nSPS) is 33.3. The number of amides is 1. The van der Waals surface area contributed by atoms with E-state index < -0.39 is 12.0 Å². The summed E-state index contributed by atoms with van der Waals surface area (Å²) < 4.78 is 6.65. The first-order chi connectivity index (χ1) is 16.3. The van der Waals surface area contributed by atoms with Crippen LogP contribution in [0.3, 0.4) is 0 Å². The molecule has 0 radical (unpaired) electrons. The van der Waals surface area contributed by atoms with Crippen molar-refractivity contribution in [3.63, 3.8) is 0 Å². The minimum Gasteiger partial charge on any atom is -0.490 e. The number of piperidine rings is 2. The van der Waals surface area contributed by atoms with E-state index in [1.807, 2.05) is 12.3 Å². The summed E-state index contributed by atoms with van der Waals surface area (Å²) in [5.41, 5.74) is 7.12. The Morgan fingerprint density at radius 3 is 2.68 bits per heavy atom. The molecule has 4 heterocycles. The zero-order chi connectivity index (χ0) is 23.6. The number of thiophene rings is 1. The van der Waals surface area contributed by atoms with Crippen molar-refractivity contribution in [3.8, 4) is 5.75 Å². The number of aromatic nitrogens is 1. The van der Waals surface area contributed by atoms with E-state index in [9.17, 15) is 9.90 Å². The van der Waals surface area contributed by atoms with Crippen molar-refractivity contribution in [3.05, 3.63) is 22.7 Å². The highest BCUT2D eigenvalue weighted by atomic mass is 32.1. The van der Waals surface area contributed by atoms with Gasteiger partial charge in [-0.2, -0.15) is 0 Å². The molecule has 2 bridgehead atoms. The van der Waals surface area contributed by atoms with Gasteiger partial charge in [0, 0.05) is 30.2 Å². The fraction of sp³-hybridized carbons (Fsp3) is 0.704. The van der Waals surface area contributed by atoms with E-state index in [0.29, 0.717) is 17.9 Å². The molecular formula is C27H37N3O3S. The Balaban J connectivity index is 1.14. The molecule has 5 aliphatic rings. The summed E-state index contributed by atoms with van der Waals surface area (Å²) in [5, 5.41) is 11.2. The van der Waals surface area contributed by atoms with E-state index in [0.717, 1.165) is 53.5 Å². The second kappa shape index (κ2) is 8.45. The van der Waals surface area contributed by atoms with Gasteiger partial charge in [0.15, 0.2) is 0 Å². The molecule has 4 fully saturated rings. The van der Waals surface area contributed by atoms with Crippen LogP contribution in [0.15, 0.2) is 12.3 Å². The molecule has 2 aliphatic heterocycles. The van der Waals surface area contributed by atoms with Crippen LogP contribution in [-0.2, 0) is 11.2 Å². The van der Waals surface area contributed by atoms with Gasteiger partial charge in [-0.3, -0.25) is 9.69 Å². The maximum Gasteiger partial charge on any atom is 0.246 e. The maximum atomic E-state index is 11.5. The third-order valence-electron chi connectivity index (χ3n) is 9.67. The summed E-state index contributed by atoms with van der Waals surface area (Å²) in [5.74, 6) is 2.17. The van der Waals surface area contributed by atoms with Crippen LogP contribution in [0.4, 0.5) is 0 Å². The van der Waals surface area contributed by atoms with Crippen molar-refractivity contribution in [2.24, 2.45) is 23.0 Å². The number of nitrogens with two attached hydrogens (primary N) is 1. The third kappa shape index (κ3) is 3.75. The van der Waals surface area contributed by atoms with Crippen molar-refractivity contribution in [1.29, 1.82) is 0 Å². The number of primary amides is 1. The predicted molar refractivity (Wildman–Crippen MR) is 134 cm³/mol. The largest absolute Gasteiger partial charge is 0.490 e. The van der Waals surface area contributed by atoms with Crippen molar-refractivity contribution < 1.29 is 14.6 Å². The number of carbonyl (C=O) groups is 1. The van der Waals surface area contributed by atoms with E-state index in [2.05, 4.69) is 23.7 Å². The Labute approximate surface area is 205 Å². The summed E-state index contributed by atoms with van der Waals surface area (Å²) in [6.45, 7) is 7.49. The lowest BCUT2D eigenvalue weighted by molar-refractivity contribution is -0.126. The standard InChI is InChI=1S/C27H37N3O3S/c1-27(2)16-12-17(27)14-30(13-16)18-4-6-19(7-5-18)33-21-9-10-29-26-24(21)23-15(3-8-22(23)34-26)11-20(31)25(28)32/h9-10,15-20,31H,3-8,11-14H2,1-2H3,(H2,28,32)/t15-,16-,17?,18-,19-,20+/m1/s1. The van der Waals surface area contributed by atoms with Crippen molar-refractivity contribution >= 4 is 27.5 Å². The molecule has 3 N–H and O–H groups in total. The quantitative estimate of drug-likeness (QED) is 0.642. The summed E-state index contributed by atoms with van der Waals surface area (Å²) in [6, 6.07) is 2.71. The lowest BCUT2D eigenvalue weighted by Crippen LogP contribution is -2.62. The second-order valence-corrected chi connectivity index (χ2v) is 12.9. The van der Waals surface area contributed by atoms with Gasteiger partial charge in [-0.25, -0.2) is 4.98 Å². The number of carbonyl (C=O) groups excluding carboxylic acids is 1. The van der Waals surface area contributed by atoms with Crippen LogP contribution in [0.25, 0.3) is 10.2 Å². The monoisotopic (exact) mass is 483 g/mol. The first-order valence-electron chi connectivity index (χ1n) is 13.1. The summed E-state index contributed by atoms with van der Waals surface area (Å²) in [7, 11) is 0. The molecule has 0 aromatic carbocycles. The minimum absolute atomic E-state index is 0.128. The fourth-order valence-electron chi connectivity index (χ4n) is 7.24. The van der Waals surface area contributed by atoms with Gasteiger partial charge >= 0.3 is 0 Å². The molecule has 4 atom stereocenters. The Kier molecular flexibility index (Phi) is 5.66. The number of aliphatic hydroxyl groups excluding tert-OH is 1. The molecule has 7 heteroatoms. The van der Waals surface area contributed by atoms with Crippen LogP contribution in [0.2, 0.25) is 0 Å². The van der Waals surface area contributed by atoms with Crippen molar-refractivity contribution in [1.82, 2.24) is 9.88 Å². The zero-order valence-electron chi connectivity index (χ0n) is 20.3. The molecule has 7 rings (SSSR count). The van der Waals surface area contributed by atoms with Crippen LogP contribution in [-0.4, -0.2) is 52.2 Å². The zero-order valence-corrected chi connectivity index (χ0v) is 21.2. The number of ether oxygens (including phenoxy) is 1. The second-order valence-electron chi connectivity index (χ2n) is 11.8. The highest BCUT2D eigenvalue weighted by molar-refractivity contribution is 7.19. The number of hydrogen-bond acceptors (Lipinski definition) is 6. The van der Waals surface area contributed by atoms with Crippen molar-refractivity contribution in [2.45, 2.75) is 89.4 Å². The average molecular weight is 484 g/mol. The third-order valence-corrected chi connectivity index (χ3v) is 10.8. The first kappa shape index (κ1) is 22.7. The van der Waals surface area contributed by atoms with Gasteiger partial charge in [0.1, 0.15) is 16.7 Å². The molecule has 184 valence electrons. The maximum absolute atomic E-state index is 11.5. The van der Waals surface area contributed by atoms with Crippen LogP contribution in [0, 0.1) is 17.3 Å². The first-order valence-corrected chi connectivity index (χ1v) is 13.9. The molecule has 0 spiro atoms. The molecule has 3 aliphatic carbocycles. The Morgan fingerprint density at radius 2 is 2.00 bits per heavy atom. The van der Waals surface area contributed by atoms with Gasteiger partial charge in [-0.05, 0) is 86.2 Å². The highest BCUT2D eigenvalue weighted by Gasteiger charge is 2.53. The fourth-order valence-corrected chi connectivity index (χ4v) is 8.50. The van der Waals surface area contributed by atoms with E-state index in [4.69, 9.17) is 10.5 Å². The van der Waals surface area contributed by atoms with Crippen LogP contribution in [0.5, 0.6) is 5.75 Å². The van der Waals surface area contributed by atoms with Crippen LogP contribution in [0.1, 0.15) is 75.2 Å². The van der Waals surface area contributed by atoms with Gasteiger partial charge in [0.25, 0.3) is 0 Å². The number of aliphatic hydroxyl groups is 1. The number of hydrogen-bond donors (Lipinski definition) is 2. The van der Waals surface area contributed by atoms with Gasteiger partial charge < -0.3 is 15.6 Å². The summed E-state index contributed by atoms with van der Waals surface area (Å²) in [6.07, 6.45) is 9.33. The number of fused-ring (bicyclic) bond motifs is 5. The van der Waals surface area contributed by atoms with E-state index in [-0.39, 0.29) is 12.0 Å². The molecule has 6 nitrogen and oxygen atoms in total. The summed E-state index contributed by atoms with van der Waals surface area (Å²) >= 11 is 1.73.